The van der Waals surface area contributed by atoms with Crippen LogP contribution in [0.4, 0.5) is 0 Å². The highest BCUT2D eigenvalue weighted by molar-refractivity contribution is 9.19. The fourth-order valence-electron chi connectivity index (χ4n) is 2.03. The van der Waals surface area contributed by atoms with Crippen LogP contribution >= 0.6 is 47.8 Å². The first-order valence-corrected chi connectivity index (χ1v) is 10.4. The molecule has 21 heavy (non-hydrogen) atoms. The van der Waals surface area contributed by atoms with Crippen LogP contribution in [0.5, 0.6) is 0 Å². The molecule has 0 aromatic carbocycles. The molecular weight excluding hydrogens is 468 g/mol. The standard InChI is InChI=1S/C7H12BrNO.C5H11N.C2H2Br2O/c8-6-7(10)9-4-2-1-3-5-9;1-2-4-6-5-3-1;3-1-2(4)5/h1-6H2;6H,1-5H2;1H2. The summed E-state index contributed by atoms with van der Waals surface area (Å²) in [6, 6.07) is 0. The molecule has 0 saturated carbocycles. The Morgan fingerprint density at radius 2 is 1.33 bits per heavy atom. The molecule has 2 aliphatic rings. The maximum atomic E-state index is 11.0. The van der Waals surface area contributed by atoms with Crippen LogP contribution in [0.15, 0.2) is 0 Å². The number of nitrogens with one attached hydrogen (secondary N) is 1. The molecule has 124 valence electrons. The SMILES string of the molecule is C1CCNCC1.O=C(Br)CBr.O=C(CBr)N1CCCCC1. The van der Waals surface area contributed by atoms with Crippen molar-refractivity contribution in [3.8, 4) is 0 Å². The van der Waals surface area contributed by atoms with Gasteiger partial charge in [-0.2, -0.15) is 0 Å². The van der Waals surface area contributed by atoms with Crippen molar-refractivity contribution < 1.29 is 9.59 Å². The number of rotatable bonds is 2. The summed E-state index contributed by atoms with van der Waals surface area (Å²) in [6.07, 6.45) is 7.86. The number of hydrogen-bond donors (Lipinski definition) is 1. The molecule has 0 aromatic rings. The lowest BCUT2D eigenvalue weighted by Gasteiger charge is -2.25. The molecule has 1 N–H and O–H groups in total. The molecule has 0 unspecified atom stereocenters. The first-order chi connectivity index (χ1) is 10.1. The van der Waals surface area contributed by atoms with Crippen LogP contribution in [0.3, 0.4) is 0 Å². The molecule has 2 fully saturated rings. The van der Waals surface area contributed by atoms with Gasteiger partial charge in [0.25, 0.3) is 0 Å². The smallest absolute Gasteiger partial charge is 0.233 e. The molecule has 1 amide bonds. The number of carbonyl (C=O) groups excluding carboxylic acids is 2. The highest BCUT2D eigenvalue weighted by atomic mass is 79.9. The molecule has 2 heterocycles. The fraction of sp³-hybridized carbons (Fsp3) is 0.857. The second-order valence-corrected chi connectivity index (χ2v) is 6.88. The number of halogens is 3. The van der Waals surface area contributed by atoms with Crippen molar-refractivity contribution in [3.63, 3.8) is 0 Å². The molecule has 0 spiro atoms. The summed E-state index contributed by atoms with van der Waals surface area (Å²) in [5.41, 5.74) is 0. The van der Waals surface area contributed by atoms with Crippen molar-refractivity contribution in [1.29, 1.82) is 0 Å². The Kier molecular flexibility index (Phi) is 15.8. The Bertz CT molecular complexity index is 270. The number of nitrogens with zero attached hydrogens (tertiary/aromatic N) is 1. The zero-order valence-electron chi connectivity index (χ0n) is 12.4. The lowest BCUT2D eigenvalue weighted by molar-refractivity contribution is -0.129. The molecular formula is C14H25Br3N2O2. The fourth-order valence-corrected chi connectivity index (χ4v) is 2.38. The van der Waals surface area contributed by atoms with Crippen molar-refractivity contribution in [2.24, 2.45) is 0 Å². The lowest BCUT2D eigenvalue weighted by Crippen LogP contribution is -2.36. The van der Waals surface area contributed by atoms with Gasteiger partial charge in [-0.05, 0) is 61.1 Å². The van der Waals surface area contributed by atoms with Gasteiger partial charge in [0.2, 0.25) is 10.6 Å². The third-order valence-corrected chi connectivity index (χ3v) is 5.16. The minimum Gasteiger partial charge on any atom is -0.342 e. The van der Waals surface area contributed by atoms with Gasteiger partial charge in [0, 0.05) is 13.1 Å². The summed E-state index contributed by atoms with van der Waals surface area (Å²) in [5.74, 6) is 0.236. The monoisotopic (exact) mass is 490 g/mol. The van der Waals surface area contributed by atoms with Crippen molar-refractivity contribution in [2.75, 3.05) is 36.8 Å². The van der Waals surface area contributed by atoms with Gasteiger partial charge in [0.1, 0.15) is 0 Å². The second kappa shape index (κ2) is 15.4. The zero-order valence-corrected chi connectivity index (χ0v) is 17.1. The third-order valence-electron chi connectivity index (χ3n) is 3.14. The topological polar surface area (TPSA) is 49.4 Å². The molecule has 0 radical (unpaired) electrons. The Morgan fingerprint density at radius 1 is 0.857 bits per heavy atom. The Hall–Kier alpha value is 0.540. The normalized spacial score (nSPS) is 17.8. The first-order valence-electron chi connectivity index (χ1n) is 7.40. The van der Waals surface area contributed by atoms with E-state index >= 15 is 0 Å². The number of hydrogen-bond acceptors (Lipinski definition) is 3. The van der Waals surface area contributed by atoms with Gasteiger partial charge < -0.3 is 10.2 Å². The van der Waals surface area contributed by atoms with Gasteiger partial charge in [-0.1, -0.05) is 38.3 Å². The van der Waals surface area contributed by atoms with Gasteiger partial charge in [0.15, 0.2) is 0 Å². The van der Waals surface area contributed by atoms with E-state index in [0.29, 0.717) is 10.7 Å². The predicted octanol–water partition coefficient (Wildman–Crippen LogP) is 3.46. The maximum Gasteiger partial charge on any atom is 0.233 e. The van der Waals surface area contributed by atoms with E-state index in [2.05, 4.69) is 53.1 Å². The molecule has 4 nitrogen and oxygen atoms in total. The Morgan fingerprint density at radius 3 is 1.62 bits per heavy atom. The molecule has 2 rings (SSSR count). The maximum absolute atomic E-state index is 11.0. The summed E-state index contributed by atoms with van der Waals surface area (Å²) < 4.78 is -0.0162. The van der Waals surface area contributed by atoms with Crippen LogP contribution in [-0.2, 0) is 9.59 Å². The van der Waals surface area contributed by atoms with E-state index in [1.807, 2.05) is 4.90 Å². The number of likely N-dealkylation sites (tertiary alicyclic amines) is 1. The Balaban J connectivity index is 0.000000312. The molecule has 0 atom stereocenters. The van der Waals surface area contributed by atoms with Gasteiger partial charge in [-0.15, -0.1) is 0 Å². The van der Waals surface area contributed by atoms with Crippen molar-refractivity contribution in [3.05, 3.63) is 0 Å². The van der Waals surface area contributed by atoms with Gasteiger partial charge >= 0.3 is 0 Å². The van der Waals surface area contributed by atoms with Crippen molar-refractivity contribution in [1.82, 2.24) is 10.2 Å². The summed E-state index contributed by atoms with van der Waals surface area (Å²) in [6.45, 7) is 4.43. The lowest BCUT2D eigenvalue weighted by atomic mass is 10.1. The van der Waals surface area contributed by atoms with Gasteiger partial charge in [-0.3, -0.25) is 9.59 Å². The van der Waals surface area contributed by atoms with Crippen LogP contribution in [0.25, 0.3) is 0 Å². The van der Waals surface area contributed by atoms with Crippen molar-refractivity contribution in [2.45, 2.75) is 38.5 Å². The van der Waals surface area contributed by atoms with Crippen LogP contribution in [0, 0.1) is 0 Å². The molecule has 0 aliphatic carbocycles. The second-order valence-electron chi connectivity index (χ2n) is 4.87. The first kappa shape index (κ1) is 21.5. The Labute approximate surface area is 153 Å². The van der Waals surface area contributed by atoms with E-state index in [9.17, 15) is 9.59 Å². The number of carbonyl (C=O) groups is 2. The summed E-state index contributed by atoms with van der Waals surface area (Å²) in [4.78, 5) is 22.7. The molecule has 7 heteroatoms. The summed E-state index contributed by atoms with van der Waals surface area (Å²) in [7, 11) is 0. The van der Waals surface area contributed by atoms with Gasteiger partial charge in [-0.25, -0.2) is 0 Å². The van der Waals surface area contributed by atoms with Gasteiger partial charge in [0.05, 0.1) is 10.7 Å². The molecule has 2 aliphatic heterocycles. The molecule has 0 aromatic heterocycles. The van der Waals surface area contributed by atoms with Crippen LogP contribution in [-0.4, -0.2) is 52.3 Å². The average Bonchev–Trinajstić information content (AvgIpc) is 2.57. The minimum atomic E-state index is -0.0162. The molecule has 0 bridgehead atoms. The quantitative estimate of drug-likeness (QED) is 0.474. The number of amides is 1. The average molecular weight is 493 g/mol. The molecule has 2 saturated heterocycles. The van der Waals surface area contributed by atoms with E-state index in [1.54, 1.807) is 0 Å². The van der Waals surface area contributed by atoms with E-state index < -0.39 is 0 Å². The van der Waals surface area contributed by atoms with E-state index in [-0.39, 0.29) is 10.6 Å². The third kappa shape index (κ3) is 13.9. The highest BCUT2D eigenvalue weighted by Gasteiger charge is 2.14. The van der Waals surface area contributed by atoms with Crippen molar-refractivity contribution >= 4 is 58.4 Å². The van der Waals surface area contributed by atoms with Crippen LogP contribution in [0.1, 0.15) is 38.5 Å². The zero-order chi connectivity index (χ0) is 15.9. The largest absolute Gasteiger partial charge is 0.342 e. The summed E-state index contributed by atoms with van der Waals surface area (Å²) >= 11 is 8.76. The predicted molar refractivity (Wildman–Crippen MR) is 98.7 cm³/mol. The minimum absolute atomic E-state index is 0.0162. The van der Waals surface area contributed by atoms with E-state index in [4.69, 9.17) is 0 Å². The number of alkyl halides is 2. The van der Waals surface area contributed by atoms with Crippen LogP contribution in [0.2, 0.25) is 0 Å². The van der Waals surface area contributed by atoms with E-state index in [1.165, 1.54) is 51.6 Å². The van der Waals surface area contributed by atoms with E-state index in [0.717, 1.165) is 13.1 Å². The number of piperidine rings is 2. The van der Waals surface area contributed by atoms with Crippen LogP contribution < -0.4 is 5.32 Å². The highest BCUT2D eigenvalue weighted by Crippen LogP contribution is 2.08. The summed E-state index contributed by atoms with van der Waals surface area (Å²) in [5, 5.41) is 4.16.